The average molecular weight is 272 g/mol. The summed E-state index contributed by atoms with van der Waals surface area (Å²) < 4.78 is 14.2. The van der Waals surface area contributed by atoms with Crippen LogP contribution in [0.2, 0.25) is 0 Å². The van der Waals surface area contributed by atoms with Gasteiger partial charge in [0.1, 0.15) is 5.82 Å². The third kappa shape index (κ3) is 2.53. The van der Waals surface area contributed by atoms with Crippen molar-refractivity contribution in [1.82, 2.24) is 0 Å². The summed E-state index contributed by atoms with van der Waals surface area (Å²) in [5, 5.41) is 13.5. The minimum absolute atomic E-state index is 0.265. The van der Waals surface area contributed by atoms with Crippen LogP contribution in [0.15, 0.2) is 53.9 Å². The van der Waals surface area contributed by atoms with Gasteiger partial charge in [-0.15, -0.1) is 11.3 Å². The first-order valence-corrected chi connectivity index (χ1v) is 7.00. The van der Waals surface area contributed by atoms with Gasteiger partial charge < -0.3 is 5.11 Å². The molecule has 1 aromatic heterocycles. The maximum atomic E-state index is 13.1. The van der Waals surface area contributed by atoms with Crippen molar-refractivity contribution in [3.05, 3.63) is 70.9 Å². The van der Waals surface area contributed by atoms with Gasteiger partial charge in [-0.25, -0.2) is 4.39 Å². The topological polar surface area (TPSA) is 20.2 Å². The molecule has 0 fully saturated rings. The van der Waals surface area contributed by atoms with Gasteiger partial charge in [-0.2, -0.15) is 0 Å². The summed E-state index contributed by atoms with van der Waals surface area (Å²) in [6.07, 6.45) is -0.182. The number of aliphatic hydroxyl groups excluding tert-OH is 1. The fourth-order valence-corrected chi connectivity index (χ4v) is 3.24. The lowest BCUT2D eigenvalue weighted by molar-refractivity contribution is 0.180. The molecule has 0 radical (unpaired) electrons. The number of hydrogen-bond donors (Lipinski definition) is 1. The van der Waals surface area contributed by atoms with E-state index in [1.165, 1.54) is 12.1 Å². The Labute approximate surface area is 115 Å². The van der Waals surface area contributed by atoms with E-state index in [-0.39, 0.29) is 5.82 Å². The Morgan fingerprint density at radius 1 is 1.11 bits per heavy atom. The number of aliphatic hydroxyl groups is 1. The number of thiophene rings is 1. The molecular weight excluding hydrogens is 259 g/mol. The van der Waals surface area contributed by atoms with Crippen LogP contribution in [0.3, 0.4) is 0 Å². The van der Waals surface area contributed by atoms with Crippen molar-refractivity contribution in [3.63, 3.8) is 0 Å². The molecule has 0 aliphatic carbocycles. The first-order chi connectivity index (χ1) is 9.24. The van der Waals surface area contributed by atoms with Gasteiger partial charge in [-0.1, -0.05) is 30.3 Å². The molecule has 0 saturated carbocycles. The molecule has 3 rings (SSSR count). The summed E-state index contributed by atoms with van der Waals surface area (Å²) in [4.78, 5) is 0. The SMILES string of the molecule is OC(Cc1cccc(F)c1)c1cccc2ccsc12. The molecule has 3 heteroatoms. The number of fused-ring (bicyclic) bond motifs is 1. The van der Waals surface area contributed by atoms with E-state index in [0.717, 1.165) is 21.2 Å². The van der Waals surface area contributed by atoms with E-state index in [4.69, 9.17) is 0 Å². The Morgan fingerprint density at radius 3 is 2.79 bits per heavy atom. The minimum atomic E-state index is -0.607. The second kappa shape index (κ2) is 5.11. The van der Waals surface area contributed by atoms with E-state index in [9.17, 15) is 9.50 Å². The van der Waals surface area contributed by atoms with E-state index in [2.05, 4.69) is 0 Å². The fourth-order valence-electron chi connectivity index (χ4n) is 2.28. The van der Waals surface area contributed by atoms with Crippen molar-refractivity contribution in [2.75, 3.05) is 0 Å². The van der Waals surface area contributed by atoms with Crippen LogP contribution in [0.5, 0.6) is 0 Å². The molecule has 1 N–H and O–H groups in total. The van der Waals surface area contributed by atoms with Crippen LogP contribution in [0.4, 0.5) is 4.39 Å². The van der Waals surface area contributed by atoms with Gasteiger partial charge >= 0.3 is 0 Å². The lowest BCUT2D eigenvalue weighted by Gasteiger charge is -2.12. The number of benzene rings is 2. The Kier molecular flexibility index (Phi) is 3.32. The quantitative estimate of drug-likeness (QED) is 0.753. The Hall–Kier alpha value is -1.71. The molecule has 3 aromatic rings. The molecule has 0 spiro atoms. The van der Waals surface area contributed by atoms with E-state index >= 15 is 0 Å². The molecule has 0 saturated heterocycles. The highest BCUT2D eigenvalue weighted by Gasteiger charge is 2.13. The monoisotopic (exact) mass is 272 g/mol. The smallest absolute Gasteiger partial charge is 0.123 e. The van der Waals surface area contributed by atoms with Crippen molar-refractivity contribution in [2.45, 2.75) is 12.5 Å². The van der Waals surface area contributed by atoms with Gasteiger partial charge in [0.05, 0.1) is 6.10 Å². The lowest BCUT2D eigenvalue weighted by atomic mass is 10.0. The summed E-state index contributed by atoms with van der Waals surface area (Å²) in [5.74, 6) is -0.265. The number of hydrogen-bond acceptors (Lipinski definition) is 2. The van der Waals surface area contributed by atoms with Crippen molar-refractivity contribution < 1.29 is 9.50 Å². The van der Waals surface area contributed by atoms with Crippen molar-refractivity contribution >= 4 is 21.4 Å². The Bertz CT molecular complexity index is 705. The van der Waals surface area contributed by atoms with Crippen LogP contribution in [-0.2, 0) is 6.42 Å². The van der Waals surface area contributed by atoms with Crippen LogP contribution < -0.4 is 0 Å². The van der Waals surface area contributed by atoms with Gasteiger partial charge in [-0.05, 0) is 40.1 Å². The van der Waals surface area contributed by atoms with Crippen molar-refractivity contribution in [1.29, 1.82) is 0 Å². The largest absolute Gasteiger partial charge is 0.388 e. The molecule has 2 aromatic carbocycles. The van der Waals surface area contributed by atoms with Crippen LogP contribution in [0.25, 0.3) is 10.1 Å². The average Bonchev–Trinajstić information content (AvgIpc) is 2.86. The number of halogens is 1. The van der Waals surface area contributed by atoms with Gasteiger partial charge in [0.2, 0.25) is 0 Å². The zero-order valence-electron chi connectivity index (χ0n) is 10.2. The molecule has 1 heterocycles. The molecule has 96 valence electrons. The number of rotatable bonds is 3. The molecule has 1 unspecified atom stereocenters. The van der Waals surface area contributed by atoms with E-state index in [1.54, 1.807) is 17.4 Å². The second-order valence-corrected chi connectivity index (χ2v) is 5.45. The van der Waals surface area contributed by atoms with Crippen LogP contribution >= 0.6 is 11.3 Å². The highest BCUT2D eigenvalue weighted by Crippen LogP contribution is 2.30. The standard InChI is InChI=1S/C16H13FOS/c17-13-5-1-3-11(9-13)10-15(18)14-6-2-4-12-7-8-19-16(12)14/h1-9,15,18H,10H2. The lowest BCUT2D eigenvalue weighted by Crippen LogP contribution is -2.02. The second-order valence-electron chi connectivity index (χ2n) is 4.54. The predicted octanol–water partition coefficient (Wildman–Crippen LogP) is 4.32. The zero-order valence-corrected chi connectivity index (χ0v) is 11.0. The molecule has 0 bridgehead atoms. The summed E-state index contributed by atoms with van der Waals surface area (Å²) in [6, 6.07) is 14.3. The fraction of sp³-hybridized carbons (Fsp3) is 0.125. The van der Waals surface area contributed by atoms with Crippen LogP contribution in [0, 0.1) is 5.82 Å². The van der Waals surface area contributed by atoms with E-state index in [1.807, 2.05) is 35.7 Å². The third-order valence-electron chi connectivity index (χ3n) is 3.19. The zero-order chi connectivity index (χ0) is 13.2. The maximum absolute atomic E-state index is 13.1. The first-order valence-electron chi connectivity index (χ1n) is 6.12. The van der Waals surface area contributed by atoms with Gasteiger partial charge in [0.25, 0.3) is 0 Å². The molecule has 19 heavy (non-hydrogen) atoms. The first kappa shape index (κ1) is 12.3. The summed E-state index contributed by atoms with van der Waals surface area (Å²) in [7, 11) is 0. The van der Waals surface area contributed by atoms with Gasteiger partial charge in [0, 0.05) is 11.1 Å². The minimum Gasteiger partial charge on any atom is -0.388 e. The Morgan fingerprint density at radius 2 is 1.95 bits per heavy atom. The molecular formula is C16H13FOS. The van der Waals surface area contributed by atoms with E-state index in [0.29, 0.717) is 6.42 Å². The van der Waals surface area contributed by atoms with Crippen LogP contribution in [0.1, 0.15) is 17.2 Å². The van der Waals surface area contributed by atoms with Gasteiger partial charge in [0.15, 0.2) is 0 Å². The Balaban J connectivity index is 1.91. The maximum Gasteiger partial charge on any atom is 0.123 e. The summed E-state index contributed by atoms with van der Waals surface area (Å²) >= 11 is 1.62. The normalized spacial score (nSPS) is 12.7. The molecule has 1 nitrogen and oxygen atoms in total. The third-order valence-corrected chi connectivity index (χ3v) is 4.17. The molecule has 0 aliphatic rings. The van der Waals surface area contributed by atoms with Crippen LogP contribution in [-0.4, -0.2) is 5.11 Å². The molecule has 0 aliphatic heterocycles. The summed E-state index contributed by atoms with van der Waals surface area (Å²) in [6.45, 7) is 0. The van der Waals surface area contributed by atoms with Crippen molar-refractivity contribution in [3.8, 4) is 0 Å². The molecule has 0 amide bonds. The van der Waals surface area contributed by atoms with Crippen molar-refractivity contribution in [2.24, 2.45) is 0 Å². The predicted molar refractivity (Wildman–Crippen MR) is 76.9 cm³/mol. The van der Waals surface area contributed by atoms with Gasteiger partial charge in [-0.3, -0.25) is 0 Å². The highest BCUT2D eigenvalue weighted by molar-refractivity contribution is 7.17. The summed E-state index contributed by atoms with van der Waals surface area (Å²) in [5.41, 5.74) is 1.72. The van der Waals surface area contributed by atoms with E-state index < -0.39 is 6.10 Å². The molecule has 1 atom stereocenters. The highest BCUT2D eigenvalue weighted by atomic mass is 32.1.